The van der Waals surface area contributed by atoms with E-state index in [1.807, 2.05) is 26.0 Å². The molecule has 0 amide bonds. The van der Waals surface area contributed by atoms with E-state index in [0.717, 1.165) is 41.1 Å². The Morgan fingerprint density at radius 3 is 2.58 bits per heavy atom. The quantitative estimate of drug-likeness (QED) is 0.453. The van der Waals surface area contributed by atoms with Crippen LogP contribution in [-0.2, 0) is 4.74 Å². The lowest BCUT2D eigenvalue weighted by atomic mass is 9.67. The van der Waals surface area contributed by atoms with Crippen LogP contribution in [0.5, 0.6) is 0 Å². The molecule has 2 heteroatoms. The van der Waals surface area contributed by atoms with Crippen LogP contribution in [0.2, 0.25) is 0 Å². The number of carbonyl (C=O) groups is 1. The Morgan fingerprint density at radius 1 is 1.04 bits per heavy atom. The van der Waals surface area contributed by atoms with Gasteiger partial charge in [0.25, 0.3) is 0 Å². The Morgan fingerprint density at radius 2 is 1.79 bits per heavy atom. The molecule has 0 aliphatic heterocycles. The van der Waals surface area contributed by atoms with Gasteiger partial charge in [-0.3, -0.25) is 0 Å². The van der Waals surface area contributed by atoms with Crippen LogP contribution in [0.15, 0.2) is 36.4 Å². The highest BCUT2D eigenvalue weighted by atomic mass is 16.5. The zero-order chi connectivity index (χ0) is 16.4. The summed E-state index contributed by atoms with van der Waals surface area (Å²) >= 11 is 0. The Kier molecular flexibility index (Phi) is 3.20. The second kappa shape index (κ2) is 5.21. The summed E-state index contributed by atoms with van der Waals surface area (Å²) in [4.78, 5) is 12.6. The van der Waals surface area contributed by atoms with Crippen LogP contribution in [0, 0.1) is 35.5 Å². The molecule has 0 heterocycles. The van der Waals surface area contributed by atoms with Crippen LogP contribution in [0.25, 0.3) is 0 Å². The number of esters is 1. The van der Waals surface area contributed by atoms with E-state index < -0.39 is 0 Å². The fourth-order valence-electron chi connectivity index (χ4n) is 6.66. The first-order valence-electron chi connectivity index (χ1n) is 9.61. The van der Waals surface area contributed by atoms with Gasteiger partial charge in [0.15, 0.2) is 0 Å². The van der Waals surface area contributed by atoms with Crippen molar-refractivity contribution < 1.29 is 9.53 Å². The number of allylic oxidation sites excluding steroid dienone is 2. The highest BCUT2D eigenvalue weighted by Crippen LogP contribution is 2.68. The van der Waals surface area contributed by atoms with Crippen molar-refractivity contribution in [1.29, 1.82) is 0 Å². The van der Waals surface area contributed by atoms with Gasteiger partial charge in [-0.05, 0) is 86.2 Å². The van der Waals surface area contributed by atoms with E-state index >= 15 is 0 Å². The van der Waals surface area contributed by atoms with Gasteiger partial charge in [0.1, 0.15) is 0 Å². The lowest BCUT2D eigenvalue weighted by Crippen LogP contribution is -2.30. The van der Waals surface area contributed by atoms with Gasteiger partial charge in [0, 0.05) is 0 Å². The van der Waals surface area contributed by atoms with Crippen LogP contribution in [0.3, 0.4) is 0 Å². The first kappa shape index (κ1) is 14.7. The molecule has 3 saturated carbocycles. The molecule has 4 aliphatic carbocycles. The highest BCUT2D eigenvalue weighted by Gasteiger charge is 2.61. The summed E-state index contributed by atoms with van der Waals surface area (Å²) in [5.41, 5.74) is 2.06. The van der Waals surface area contributed by atoms with Crippen molar-refractivity contribution >= 4 is 5.97 Å². The van der Waals surface area contributed by atoms with E-state index in [1.54, 1.807) is 0 Å². The first-order valence-corrected chi connectivity index (χ1v) is 9.61. The first-order chi connectivity index (χ1) is 11.6. The number of hydrogen-bond acceptors (Lipinski definition) is 2. The number of fused-ring (bicyclic) bond motifs is 9. The molecule has 2 nitrogen and oxygen atoms in total. The van der Waals surface area contributed by atoms with Crippen molar-refractivity contribution in [3.05, 3.63) is 47.5 Å². The Labute approximate surface area is 144 Å². The molecule has 3 fully saturated rings. The van der Waals surface area contributed by atoms with Crippen molar-refractivity contribution in [2.45, 2.75) is 45.1 Å². The van der Waals surface area contributed by atoms with Crippen molar-refractivity contribution in [3.8, 4) is 0 Å². The van der Waals surface area contributed by atoms with Gasteiger partial charge >= 0.3 is 5.97 Å². The summed E-state index contributed by atoms with van der Waals surface area (Å²) in [7, 11) is 0. The lowest BCUT2D eigenvalue weighted by molar-refractivity contribution is 0.0374. The molecule has 7 unspecified atom stereocenters. The predicted octanol–water partition coefficient (Wildman–Crippen LogP) is 4.81. The molecule has 0 saturated heterocycles. The third kappa shape index (κ3) is 1.98. The summed E-state index contributed by atoms with van der Waals surface area (Å²) in [6, 6.07) is 8.20. The minimum absolute atomic E-state index is 0.0642. The molecule has 0 radical (unpaired) electrons. The van der Waals surface area contributed by atoms with Crippen LogP contribution in [0.4, 0.5) is 0 Å². The monoisotopic (exact) mass is 322 g/mol. The fraction of sp³-hybridized carbons (Fsp3) is 0.591. The summed E-state index contributed by atoms with van der Waals surface area (Å²) < 4.78 is 5.50. The fourth-order valence-corrected chi connectivity index (χ4v) is 6.66. The molecule has 1 aromatic carbocycles. The molecule has 0 aromatic heterocycles. The van der Waals surface area contributed by atoms with E-state index in [-0.39, 0.29) is 12.1 Å². The molecule has 5 rings (SSSR count). The third-order valence-corrected chi connectivity index (χ3v) is 7.19. The minimum Gasteiger partial charge on any atom is -0.459 e. The maximum atomic E-state index is 12.6. The molecule has 4 bridgehead atoms. The van der Waals surface area contributed by atoms with Crippen molar-refractivity contribution in [2.24, 2.45) is 35.5 Å². The van der Waals surface area contributed by atoms with Gasteiger partial charge in [0.2, 0.25) is 0 Å². The van der Waals surface area contributed by atoms with Gasteiger partial charge in [-0.15, -0.1) is 0 Å². The molecule has 0 spiro atoms. The molecule has 126 valence electrons. The van der Waals surface area contributed by atoms with Crippen molar-refractivity contribution in [2.75, 3.05) is 0 Å². The van der Waals surface area contributed by atoms with E-state index in [2.05, 4.69) is 24.3 Å². The van der Waals surface area contributed by atoms with Gasteiger partial charge in [-0.1, -0.05) is 30.4 Å². The van der Waals surface area contributed by atoms with Gasteiger partial charge in [-0.25, -0.2) is 4.79 Å². The molecule has 4 aliphatic rings. The smallest absolute Gasteiger partial charge is 0.338 e. The Bertz CT molecular complexity index is 704. The predicted molar refractivity (Wildman–Crippen MR) is 93.7 cm³/mol. The maximum absolute atomic E-state index is 12.6. The van der Waals surface area contributed by atoms with Crippen molar-refractivity contribution in [1.82, 2.24) is 0 Å². The number of rotatable bonds is 3. The van der Waals surface area contributed by atoms with Crippen LogP contribution < -0.4 is 0 Å². The summed E-state index contributed by atoms with van der Waals surface area (Å²) in [5, 5.41) is 0. The minimum atomic E-state index is -0.146. The molecule has 1 aromatic rings. The summed E-state index contributed by atoms with van der Waals surface area (Å²) in [5.74, 6) is 5.54. The molecule has 7 atom stereocenters. The topological polar surface area (TPSA) is 26.3 Å². The summed E-state index contributed by atoms with van der Waals surface area (Å²) in [6.45, 7) is 3.84. The number of benzene rings is 1. The number of hydrogen-bond donors (Lipinski definition) is 0. The highest BCUT2D eigenvalue weighted by molar-refractivity contribution is 5.91. The zero-order valence-electron chi connectivity index (χ0n) is 14.5. The molecule has 0 N–H and O–H groups in total. The van der Waals surface area contributed by atoms with Crippen molar-refractivity contribution in [3.63, 3.8) is 0 Å². The SMILES string of the molecule is CC(C)OC(=O)c1ccccc1C1CC2CC1C1C3C=CC(C3)C21. The normalized spacial score (nSPS) is 41.2. The molecule has 24 heavy (non-hydrogen) atoms. The number of carbonyl (C=O) groups excluding carboxylic acids is 1. The van der Waals surface area contributed by atoms with Crippen LogP contribution in [-0.4, -0.2) is 12.1 Å². The van der Waals surface area contributed by atoms with E-state index in [1.165, 1.54) is 24.8 Å². The number of ether oxygens (including phenoxy) is 1. The van der Waals surface area contributed by atoms with Crippen LogP contribution in [0.1, 0.15) is 54.9 Å². The summed E-state index contributed by atoms with van der Waals surface area (Å²) in [6.07, 6.45) is 8.96. The van der Waals surface area contributed by atoms with Gasteiger partial charge in [-0.2, -0.15) is 0 Å². The largest absolute Gasteiger partial charge is 0.459 e. The second-order valence-corrected chi connectivity index (χ2v) is 8.65. The Hall–Kier alpha value is -1.57. The van der Waals surface area contributed by atoms with E-state index in [0.29, 0.717) is 5.92 Å². The molecular formula is C22H26O2. The van der Waals surface area contributed by atoms with E-state index in [9.17, 15) is 4.79 Å². The van der Waals surface area contributed by atoms with E-state index in [4.69, 9.17) is 4.74 Å². The van der Waals surface area contributed by atoms with Gasteiger partial charge < -0.3 is 4.74 Å². The lowest BCUT2D eigenvalue weighted by Gasteiger charge is -2.37. The zero-order valence-corrected chi connectivity index (χ0v) is 14.5. The average Bonchev–Trinajstić information content (AvgIpc) is 3.32. The maximum Gasteiger partial charge on any atom is 0.338 e. The second-order valence-electron chi connectivity index (χ2n) is 8.65. The average molecular weight is 322 g/mol. The Balaban J connectivity index is 1.47. The van der Waals surface area contributed by atoms with Crippen LogP contribution >= 0.6 is 0 Å². The molecular weight excluding hydrogens is 296 g/mol. The third-order valence-electron chi connectivity index (χ3n) is 7.19. The standard InChI is InChI=1S/C22H26O2/c1-12(2)24-22(23)17-6-4-3-5-16(17)18-10-15-11-19(18)21-14-8-7-13(9-14)20(15)21/h3-8,12-15,18-21H,9-11H2,1-2H3. The van der Waals surface area contributed by atoms with Gasteiger partial charge in [0.05, 0.1) is 11.7 Å².